The van der Waals surface area contributed by atoms with Gasteiger partial charge in [0.25, 0.3) is 0 Å². The molecule has 2 amide bonds. The number of β-lactam (4-membered cyclic amide) rings is 1. The number of aliphatic hydroxyl groups excluding tert-OH is 1. The average Bonchev–Trinajstić information content (AvgIpc) is 3.25. The van der Waals surface area contributed by atoms with Crippen LogP contribution in [0.15, 0.2) is 35.1 Å². The smallest absolute Gasteiger partial charge is 0.353 e. The van der Waals surface area contributed by atoms with E-state index in [1.807, 2.05) is 0 Å². The predicted molar refractivity (Wildman–Crippen MR) is 106 cm³/mol. The minimum absolute atomic E-state index is 0.0198. The van der Waals surface area contributed by atoms with Crippen LogP contribution in [-0.2, 0) is 14.4 Å². The third kappa shape index (κ3) is 3.63. The maximum atomic E-state index is 12.5. The molecule has 2 saturated heterocycles. The van der Waals surface area contributed by atoms with Gasteiger partial charge in [0.05, 0.1) is 24.1 Å². The topological polar surface area (TPSA) is 132 Å². The Hall–Kier alpha value is -2.43. The molecule has 4 heterocycles. The fraction of sp³-hybridized carbons (Fsp3) is 0.474. The molecule has 29 heavy (non-hydrogen) atoms. The number of anilines is 1. The number of hydrogen-bond acceptors (Lipinski definition) is 7. The standard InChI is InChI=1S/C19H22N4O5S/c1-9(24)15-13-7-14(16(19(27)28)23(13)18(15)26)29-11-6-12(21-8-11)17(25)22-10-2-4-20-5-3-10/h2-5,9,11-13,15,21,24H,6-8H2,1H3,(H,27,28)(H,20,22,25)/t9?,11?,12?,13-,15?/m1/s1. The van der Waals surface area contributed by atoms with Crippen molar-refractivity contribution >= 4 is 35.2 Å². The second-order valence-electron chi connectivity index (χ2n) is 7.48. The Morgan fingerprint density at radius 3 is 2.76 bits per heavy atom. The van der Waals surface area contributed by atoms with E-state index in [0.717, 1.165) is 0 Å². The number of aliphatic carboxylic acids is 1. The number of rotatable bonds is 6. The van der Waals surface area contributed by atoms with Crippen molar-refractivity contribution in [2.24, 2.45) is 5.92 Å². The molecule has 2 fully saturated rings. The summed E-state index contributed by atoms with van der Waals surface area (Å²) >= 11 is 1.41. The fourth-order valence-electron chi connectivity index (χ4n) is 4.19. The van der Waals surface area contributed by atoms with Gasteiger partial charge in [-0.3, -0.25) is 14.6 Å². The van der Waals surface area contributed by atoms with Crippen molar-refractivity contribution in [2.45, 2.75) is 43.2 Å². The molecular weight excluding hydrogens is 396 g/mol. The van der Waals surface area contributed by atoms with Crippen LogP contribution in [-0.4, -0.2) is 67.9 Å². The summed E-state index contributed by atoms with van der Waals surface area (Å²) < 4.78 is 0. The van der Waals surface area contributed by atoms with Crippen LogP contribution in [0.4, 0.5) is 5.69 Å². The first-order valence-electron chi connectivity index (χ1n) is 9.45. The van der Waals surface area contributed by atoms with Crippen molar-refractivity contribution in [3.05, 3.63) is 35.1 Å². The van der Waals surface area contributed by atoms with Gasteiger partial charge in [0.1, 0.15) is 5.70 Å². The molecule has 4 N–H and O–H groups in total. The molecule has 3 aliphatic heterocycles. The number of carbonyl (C=O) groups is 3. The van der Waals surface area contributed by atoms with E-state index in [0.29, 0.717) is 30.0 Å². The molecule has 5 atom stereocenters. The Morgan fingerprint density at radius 1 is 1.38 bits per heavy atom. The number of pyridine rings is 1. The zero-order valence-electron chi connectivity index (χ0n) is 15.7. The van der Waals surface area contributed by atoms with Crippen LogP contribution in [0.3, 0.4) is 0 Å². The van der Waals surface area contributed by atoms with Gasteiger partial charge in [-0.1, -0.05) is 0 Å². The summed E-state index contributed by atoms with van der Waals surface area (Å²) in [4.78, 5) is 42.4. The average molecular weight is 418 g/mol. The highest BCUT2D eigenvalue weighted by Crippen LogP contribution is 2.48. The van der Waals surface area contributed by atoms with Gasteiger partial charge < -0.3 is 25.7 Å². The summed E-state index contributed by atoms with van der Waals surface area (Å²) in [6.45, 7) is 2.12. The normalized spacial score (nSPS) is 29.4. The van der Waals surface area contributed by atoms with Gasteiger partial charge in [0.15, 0.2) is 0 Å². The molecule has 9 nitrogen and oxygen atoms in total. The summed E-state index contributed by atoms with van der Waals surface area (Å²) in [7, 11) is 0. The lowest BCUT2D eigenvalue weighted by Crippen LogP contribution is -2.61. The van der Waals surface area contributed by atoms with Crippen molar-refractivity contribution < 1.29 is 24.6 Å². The number of aliphatic hydroxyl groups is 1. The lowest BCUT2D eigenvalue weighted by atomic mass is 9.83. The molecule has 3 aliphatic rings. The van der Waals surface area contributed by atoms with E-state index in [-0.39, 0.29) is 34.8 Å². The van der Waals surface area contributed by atoms with Crippen LogP contribution in [0.25, 0.3) is 0 Å². The quantitative estimate of drug-likeness (QED) is 0.488. The first-order chi connectivity index (χ1) is 13.9. The molecule has 0 spiro atoms. The molecule has 4 rings (SSSR count). The van der Waals surface area contributed by atoms with Crippen LogP contribution < -0.4 is 10.6 Å². The Bertz CT molecular complexity index is 875. The lowest BCUT2D eigenvalue weighted by Gasteiger charge is -2.44. The summed E-state index contributed by atoms with van der Waals surface area (Å²) in [6, 6.07) is 2.75. The Morgan fingerprint density at radius 2 is 2.10 bits per heavy atom. The third-order valence-corrected chi connectivity index (χ3v) is 6.89. The molecule has 0 aromatic carbocycles. The molecule has 0 radical (unpaired) electrons. The van der Waals surface area contributed by atoms with Gasteiger partial charge in [-0.05, 0) is 25.5 Å². The highest BCUT2D eigenvalue weighted by molar-refractivity contribution is 8.03. The monoisotopic (exact) mass is 418 g/mol. The minimum atomic E-state index is -1.13. The van der Waals surface area contributed by atoms with Gasteiger partial charge in [-0.25, -0.2) is 4.79 Å². The first-order valence-corrected chi connectivity index (χ1v) is 10.3. The van der Waals surface area contributed by atoms with Gasteiger partial charge >= 0.3 is 5.97 Å². The van der Waals surface area contributed by atoms with Gasteiger partial charge in [-0.15, -0.1) is 11.8 Å². The molecule has 4 unspecified atom stereocenters. The Balaban J connectivity index is 1.40. The van der Waals surface area contributed by atoms with Crippen molar-refractivity contribution in [3.63, 3.8) is 0 Å². The Labute approximate surface area is 171 Å². The minimum Gasteiger partial charge on any atom is -0.477 e. The van der Waals surface area contributed by atoms with E-state index < -0.39 is 18.0 Å². The van der Waals surface area contributed by atoms with Crippen molar-refractivity contribution in [1.29, 1.82) is 0 Å². The van der Waals surface area contributed by atoms with E-state index in [1.165, 1.54) is 16.7 Å². The maximum absolute atomic E-state index is 12.5. The van der Waals surface area contributed by atoms with Crippen LogP contribution in [0, 0.1) is 5.92 Å². The van der Waals surface area contributed by atoms with Crippen molar-refractivity contribution in [3.8, 4) is 0 Å². The van der Waals surface area contributed by atoms with Crippen molar-refractivity contribution in [2.75, 3.05) is 11.9 Å². The second kappa shape index (κ2) is 7.77. The SMILES string of the molecule is CC(O)C1C(=O)N2C(C(=O)O)=C(SC3CNC(C(=O)Nc4ccncc4)C3)C[C@H]12. The van der Waals surface area contributed by atoms with Crippen LogP contribution >= 0.6 is 11.8 Å². The number of carbonyl (C=O) groups excluding carboxylic acids is 2. The molecule has 0 saturated carbocycles. The summed E-state index contributed by atoms with van der Waals surface area (Å²) in [5.41, 5.74) is 0.688. The molecule has 1 aromatic heterocycles. The highest BCUT2D eigenvalue weighted by atomic mass is 32.2. The number of nitrogens with zero attached hydrogens (tertiary/aromatic N) is 2. The van der Waals surface area contributed by atoms with E-state index in [1.54, 1.807) is 31.5 Å². The maximum Gasteiger partial charge on any atom is 0.353 e. The predicted octanol–water partition coefficient (Wildman–Crippen LogP) is 0.392. The lowest BCUT2D eigenvalue weighted by molar-refractivity contribution is -0.161. The van der Waals surface area contributed by atoms with E-state index in [9.17, 15) is 24.6 Å². The van der Waals surface area contributed by atoms with Crippen LogP contribution in [0.2, 0.25) is 0 Å². The zero-order valence-corrected chi connectivity index (χ0v) is 16.6. The van der Waals surface area contributed by atoms with E-state index in [4.69, 9.17) is 0 Å². The number of fused-ring (bicyclic) bond motifs is 1. The molecule has 0 aliphatic carbocycles. The van der Waals surface area contributed by atoms with E-state index >= 15 is 0 Å². The highest BCUT2D eigenvalue weighted by Gasteiger charge is 2.57. The third-order valence-electron chi connectivity index (χ3n) is 5.55. The molecule has 0 bridgehead atoms. The zero-order chi connectivity index (χ0) is 20.7. The van der Waals surface area contributed by atoms with Crippen molar-refractivity contribution in [1.82, 2.24) is 15.2 Å². The number of aromatic nitrogens is 1. The number of nitrogens with one attached hydrogen (secondary N) is 2. The van der Waals surface area contributed by atoms with Crippen LogP contribution in [0.5, 0.6) is 0 Å². The Kier molecular flexibility index (Phi) is 5.32. The van der Waals surface area contributed by atoms with Crippen LogP contribution in [0.1, 0.15) is 19.8 Å². The number of carboxylic acids is 1. The molecule has 1 aromatic rings. The second-order valence-corrected chi connectivity index (χ2v) is 8.88. The van der Waals surface area contributed by atoms with Gasteiger partial charge in [-0.2, -0.15) is 0 Å². The summed E-state index contributed by atoms with van der Waals surface area (Å²) in [5.74, 6) is -2.17. The number of carboxylic acid groups (broad SMARTS) is 1. The summed E-state index contributed by atoms with van der Waals surface area (Å²) in [6.07, 6.45) is 3.37. The largest absolute Gasteiger partial charge is 0.477 e. The fourth-order valence-corrected chi connectivity index (χ4v) is 5.63. The first kappa shape index (κ1) is 19.9. The van der Waals surface area contributed by atoms with E-state index in [2.05, 4.69) is 15.6 Å². The van der Waals surface area contributed by atoms with Gasteiger partial charge in [0, 0.05) is 41.2 Å². The number of thioether (sulfide) groups is 1. The molecule has 10 heteroatoms. The molecule has 154 valence electrons. The summed E-state index contributed by atoms with van der Waals surface area (Å²) in [5, 5.41) is 25.5. The number of amides is 2. The molecular formula is C19H22N4O5S. The number of hydrogen-bond donors (Lipinski definition) is 4. The van der Waals surface area contributed by atoms with Gasteiger partial charge in [0.2, 0.25) is 11.8 Å².